The molecule has 0 N–H and O–H groups in total. The highest BCUT2D eigenvalue weighted by molar-refractivity contribution is 5.72. The fourth-order valence-electron chi connectivity index (χ4n) is 8.08. The van der Waals surface area contributed by atoms with Crippen LogP contribution in [0.4, 0.5) is 0 Å². The number of esters is 4. The summed E-state index contributed by atoms with van der Waals surface area (Å²) in [6, 6.07) is 0. The van der Waals surface area contributed by atoms with E-state index in [9.17, 15) is 19.2 Å². The van der Waals surface area contributed by atoms with E-state index in [-0.39, 0.29) is 32.4 Å². The molecule has 1 unspecified atom stereocenters. The van der Waals surface area contributed by atoms with Crippen LogP contribution in [0.25, 0.3) is 0 Å². The second kappa shape index (κ2) is 40.6. The fraction of sp³-hybridized carbons (Fsp3) is 0.922. The number of unbranched alkanes of at least 4 members (excludes halogenated alkanes) is 30. The molecule has 0 saturated carbocycles. The van der Waals surface area contributed by atoms with E-state index in [1.165, 1.54) is 135 Å². The zero-order valence-electron chi connectivity index (χ0n) is 40.3. The standard InChI is InChI=1S/C51H95NO9/c1-6-9-12-15-18-21-24-27-30-33-36-39-45(53)59-49-44(43-57-48(56)42-52(4)5)58-51(61-47(55)41-38-35-32-29-26-23-20-17-14-11-8-3)50(49)60-46(54)40-37-34-31-28-25-22-19-16-13-10-7-2/h44,49-51H,6-43H2,1-5H3/t44-,49?,50+,51+/m1/s1. The monoisotopic (exact) mass is 866 g/mol. The van der Waals surface area contributed by atoms with Crippen LogP contribution in [0.5, 0.6) is 0 Å². The lowest BCUT2D eigenvalue weighted by Crippen LogP contribution is -2.43. The average Bonchev–Trinajstić information content (AvgIpc) is 3.53. The molecule has 0 aromatic rings. The smallest absolute Gasteiger partial charge is 0.320 e. The molecule has 1 rings (SSSR count). The van der Waals surface area contributed by atoms with Crippen LogP contribution in [-0.2, 0) is 42.9 Å². The van der Waals surface area contributed by atoms with Crippen LogP contribution >= 0.6 is 0 Å². The normalized spacial score (nSPS) is 17.5. The highest BCUT2D eigenvalue weighted by Crippen LogP contribution is 2.30. The lowest BCUT2D eigenvalue weighted by molar-refractivity contribution is -0.200. The van der Waals surface area contributed by atoms with Crippen molar-refractivity contribution in [2.24, 2.45) is 0 Å². The van der Waals surface area contributed by atoms with Gasteiger partial charge in [0.2, 0.25) is 12.4 Å². The highest BCUT2D eigenvalue weighted by atomic mass is 16.8. The van der Waals surface area contributed by atoms with Crippen molar-refractivity contribution in [1.29, 1.82) is 0 Å². The van der Waals surface area contributed by atoms with Crippen LogP contribution in [0.1, 0.15) is 252 Å². The van der Waals surface area contributed by atoms with E-state index in [0.717, 1.165) is 57.8 Å². The average molecular weight is 866 g/mol. The number of hydrogen-bond donors (Lipinski definition) is 0. The Hall–Kier alpha value is -2.20. The predicted molar refractivity (Wildman–Crippen MR) is 247 cm³/mol. The van der Waals surface area contributed by atoms with Gasteiger partial charge in [0, 0.05) is 19.3 Å². The molecular formula is C51H95NO9. The van der Waals surface area contributed by atoms with Crippen LogP contribution < -0.4 is 0 Å². The molecule has 1 aliphatic heterocycles. The van der Waals surface area contributed by atoms with Crippen molar-refractivity contribution in [2.45, 2.75) is 277 Å². The first-order chi connectivity index (χ1) is 29.7. The van der Waals surface area contributed by atoms with Crippen LogP contribution in [0, 0.1) is 0 Å². The van der Waals surface area contributed by atoms with Gasteiger partial charge in [-0.3, -0.25) is 24.1 Å². The van der Waals surface area contributed by atoms with Gasteiger partial charge in [-0.05, 0) is 33.4 Å². The Morgan fingerprint density at radius 3 is 1.02 bits per heavy atom. The first-order valence-corrected chi connectivity index (χ1v) is 25.8. The summed E-state index contributed by atoms with van der Waals surface area (Å²) in [7, 11) is 3.53. The second-order valence-corrected chi connectivity index (χ2v) is 18.2. The SMILES string of the molecule is CCCCCCCCCCCCCC(=O)OC1[C@@H](COC(=O)CN(C)C)O[C@@H](OC(=O)CCCCCCCCCCCCC)[C@H]1OC(=O)CCCCCCCCCCCCC. The Morgan fingerprint density at radius 2 is 0.689 bits per heavy atom. The molecule has 0 radical (unpaired) electrons. The summed E-state index contributed by atoms with van der Waals surface area (Å²) >= 11 is 0. The van der Waals surface area contributed by atoms with Crippen molar-refractivity contribution in [1.82, 2.24) is 4.90 Å². The minimum absolute atomic E-state index is 0.0603. The summed E-state index contributed by atoms with van der Waals surface area (Å²) in [6.07, 6.45) is 34.6. The van der Waals surface area contributed by atoms with Gasteiger partial charge < -0.3 is 23.7 Å². The summed E-state index contributed by atoms with van der Waals surface area (Å²) < 4.78 is 29.5. The third-order valence-electron chi connectivity index (χ3n) is 11.9. The van der Waals surface area contributed by atoms with Gasteiger partial charge in [0.15, 0.2) is 6.10 Å². The van der Waals surface area contributed by atoms with E-state index in [4.69, 9.17) is 23.7 Å². The molecule has 1 saturated heterocycles. The van der Waals surface area contributed by atoms with Crippen LogP contribution in [0.3, 0.4) is 0 Å². The Bertz CT molecular complexity index is 1070. The topological polar surface area (TPSA) is 118 Å². The Kier molecular flexibility index (Phi) is 37.8. The molecule has 4 atom stereocenters. The van der Waals surface area contributed by atoms with E-state index in [1.54, 1.807) is 19.0 Å². The zero-order valence-corrected chi connectivity index (χ0v) is 40.3. The molecule has 358 valence electrons. The lowest BCUT2D eigenvalue weighted by atomic mass is 10.1. The predicted octanol–water partition coefficient (Wildman–Crippen LogP) is 13.3. The van der Waals surface area contributed by atoms with Gasteiger partial charge in [-0.25, -0.2) is 0 Å². The van der Waals surface area contributed by atoms with Gasteiger partial charge >= 0.3 is 23.9 Å². The highest BCUT2D eigenvalue weighted by Gasteiger charge is 2.52. The molecule has 0 bridgehead atoms. The third kappa shape index (κ3) is 33.0. The van der Waals surface area contributed by atoms with Gasteiger partial charge in [0.25, 0.3) is 0 Å². The lowest BCUT2D eigenvalue weighted by Gasteiger charge is -2.24. The molecule has 0 amide bonds. The molecule has 61 heavy (non-hydrogen) atoms. The van der Waals surface area contributed by atoms with Crippen molar-refractivity contribution in [3.63, 3.8) is 0 Å². The Balaban J connectivity index is 2.82. The number of hydrogen-bond acceptors (Lipinski definition) is 10. The number of ether oxygens (including phenoxy) is 5. The quantitative estimate of drug-likeness (QED) is 0.0333. The first kappa shape index (κ1) is 56.8. The number of carbonyl (C=O) groups excluding carboxylic acids is 4. The molecule has 0 aromatic heterocycles. The van der Waals surface area contributed by atoms with Crippen molar-refractivity contribution < 1.29 is 42.9 Å². The van der Waals surface area contributed by atoms with E-state index in [1.807, 2.05) is 0 Å². The maximum Gasteiger partial charge on any atom is 0.320 e. The Labute approximate surface area is 374 Å². The van der Waals surface area contributed by atoms with Crippen molar-refractivity contribution >= 4 is 23.9 Å². The molecule has 1 fully saturated rings. The largest absolute Gasteiger partial charge is 0.462 e. The van der Waals surface area contributed by atoms with Gasteiger partial charge in [0.1, 0.15) is 12.7 Å². The van der Waals surface area contributed by atoms with E-state index in [2.05, 4.69) is 20.8 Å². The summed E-state index contributed by atoms with van der Waals surface area (Å²) in [5.41, 5.74) is 0. The molecule has 1 aliphatic rings. The number of likely N-dealkylation sites (N-methyl/N-ethyl adjacent to an activating group) is 1. The summed E-state index contributed by atoms with van der Waals surface area (Å²) in [5.74, 6) is -1.81. The maximum absolute atomic E-state index is 13.3. The molecule has 10 nitrogen and oxygen atoms in total. The van der Waals surface area contributed by atoms with Crippen LogP contribution in [0.15, 0.2) is 0 Å². The van der Waals surface area contributed by atoms with Gasteiger partial charge in [-0.15, -0.1) is 0 Å². The number of carbonyl (C=O) groups is 4. The van der Waals surface area contributed by atoms with Gasteiger partial charge in [-0.1, -0.05) is 213 Å². The van der Waals surface area contributed by atoms with E-state index in [0.29, 0.717) is 19.3 Å². The van der Waals surface area contributed by atoms with E-state index >= 15 is 0 Å². The molecule has 10 heteroatoms. The third-order valence-corrected chi connectivity index (χ3v) is 11.9. The maximum atomic E-state index is 13.3. The van der Waals surface area contributed by atoms with Crippen LogP contribution in [0.2, 0.25) is 0 Å². The summed E-state index contributed by atoms with van der Waals surface area (Å²) in [4.78, 5) is 54.1. The van der Waals surface area contributed by atoms with Crippen molar-refractivity contribution in [3.05, 3.63) is 0 Å². The molecule has 0 aliphatic carbocycles. The summed E-state index contributed by atoms with van der Waals surface area (Å²) in [6.45, 7) is 6.54. The van der Waals surface area contributed by atoms with E-state index < -0.39 is 48.5 Å². The fourth-order valence-corrected chi connectivity index (χ4v) is 8.08. The van der Waals surface area contributed by atoms with Crippen molar-refractivity contribution in [3.8, 4) is 0 Å². The Morgan fingerprint density at radius 1 is 0.393 bits per heavy atom. The summed E-state index contributed by atoms with van der Waals surface area (Å²) in [5, 5.41) is 0. The minimum Gasteiger partial charge on any atom is -0.462 e. The second-order valence-electron chi connectivity index (χ2n) is 18.2. The number of nitrogens with zero attached hydrogens (tertiary/aromatic N) is 1. The number of rotatable bonds is 43. The zero-order chi connectivity index (χ0) is 44.6. The minimum atomic E-state index is -1.28. The first-order valence-electron chi connectivity index (χ1n) is 25.8. The van der Waals surface area contributed by atoms with Crippen LogP contribution in [-0.4, -0.2) is 80.6 Å². The van der Waals surface area contributed by atoms with Crippen molar-refractivity contribution in [2.75, 3.05) is 27.2 Å². The molecule has 0 spiro atoms. The van der Waals surface area contributed by atoms with Gasteiger partial charge in [0.05, 0.1) is 6.54 Å². The molecule has 0 aromatic carbocycles. The molecule has 1 heterocycles. The molecular weight excluding hydrogens is 771 g/mol. The van der Waals surface area contributed by atoms with Gasteiger partial charge in [-0.2, -0.15) is 0 Å².